The van der Waals surface area contributed by atoms with Crippen LogP contribution >= 0.6 is 12.4 Å². The van der Waals surface area contributed by atoms with Crippen LogP contribution in [0.15, 0.2) is 12.7 Å². The van der Waals surface area contributed by atoms with Gasteiger partial charge < -0.3 is 10.4 Å². The summed E-state index contributed by atoms with van der Waals surface area (Å²) in [4.78, 5) is 23.4. The number of carboxylic acid groups (broad SMARTS) is 1. The van der Waals surface area contributed by atoms with E-state index in [-0.39, 0.29) is 31.4 Å². The Labute approximate surface area is 115 Å². The van der Waals surface area contributed by atoms with Crippen LogP contribution in [-0.4, -0.2) is 48.6 Å². The Balaban J connectivity index is 0. The van der Waals surface area contributed by atoms with Crippen LogP contribution in [0.3, 0.4) is 0 Å². The number of hydrogen-bond acceptors (Lipinski definition) is 3. The van der Waals surface area contributed by atoms with Gasteiger partial charge >= 0.3 is 5.97 Å². The first kappa shape index (κ1) is 19.3. The van der Waals surface area contributed by atoms with Crippen molar-refractivity contribution in [2.45, 2.75) is 25.7 Å². The van der Waals surface area contributed by atoms with Gasteiger partial charge in [0.15, 0.2) is 0 Å². The van der Waals surface area contributed by atoms with Crippen molar-refractivity contribution in [3.63, 3.8) is 0 Å². The Morgan fingerprint density at radius 2 is 2.00 bits per heavy atom. The van der Waals surface area contributed by atoms with Crippen molar-refractivity contribution in [2.24, 2.45) is 0 Å². The van der Waals surface area contributed by atoms with E-state index in [1.807, 2.05) is 18.0 Å². The molecule has 0 atom stereocenters. The van der Waals surface area contributed by atoms with Crippen LogP contribution in [0.4, 0.5) is 0 Å². The van der Waals surface area contributed by atoms with Crippen LogP contribution in [0.5, 0.6) is 0 Å². The molecule has 0 aliphatic heterocycles. The second-order valence-electron chi connectivity index (χ2n) is 4.05. The highest BCUT2D eigenvalue weighted by atomic mass is 35.5. The molecule has 0 bridgehead atoms. The second-order valence-corrected chi connectivity index (χ2v) is 4.05. The Hall–Kier alpha value is -1.07. The molecule has 0 spiro atoms. The molecule has 0 aromatic carbocycles. The van der Waals surface area contributed by atoms with Gasteiger partial charge in [-0.1, -0.05) is 12.5 Å². The summed E-state index contributed by atoms with van der Waals surface area (Å²) in [6.45, 7) is 4.43. The SMILES string of the molecule is C=CCCCCCN(C)CC(=O)NCC(=O)O.Cl. The van der Waals surface area contributed by atoms with Gasteiger partial charge in [-0.25, -0.2) is 0 Å². The zero-order chi connectivity index (χ0) is 13.1. The summed E-state index contributed by atoms with van der Waals surface area (Å²) in [5.74, 6) is -1.27. The third-order valence-electron chi connectivity index (χ3n) is 2.30. The zero-order valence-electron chi connectivity index (χ0n) is 10.9. The number of likely N-dealkylation sites (N-methyl/N-ethyl adjacent to an activating group) is 1. The maximum atomic E-state index is 11.3. The summed E-state index contributed by atoms with van der Waals surface area (Å²) < 4.78 is 0. The Morgan fingerprint density at radius 1 is 1.33 bits per heavy atom. The van der Waals surface area contributed by atoms with Crippen molar-refractivity contribution in [3.05, 3.63) is 12.7 Å². The van der Waals surface area contributed by atoms with Crippen molar-refractivity contribution >= 4 is 24.3 Å². The molecular formula is C12H23ClN2O3. The molecule has 5 nitrogen and oxygen atoms in total. The quantitative estimate of drug-likeness (QED) is 0.467. The maximum absolute atomic E-state index is 11.3. The number of unbranched alkanes of at least 4 members (excludes halogenated alkanes) is 3. The molecule has 0 rings (SSSR count). The van der Waals surface area contributed by atoms with E-state index in [9.17, 15) is 9.59 Å². The molecule has 2 N–H and O–H groups in total. The number of carbonyl (C=O) groups excluding carboxylic acids is 1. The van der Waals surface area contributed by atoms with Gasteiger partial charge in [0.05, 0.1) is 6.54 Å². The van der Waals surface area contributed by atoms with Crippen LogP contribution in [0.1, 0.15) is 25.7 Å². The van der Waals surface area contributed by atoms with E-state index in [0.29, 0.717) is 0 Å². The number of allylic oxidation sites excluding steroid dienone is 1. The molecule has 0 aliphatic rings. The van der Waals surface area contributed by atoms with Crippen molar-refractivity contribution in [1.82, 2.24) is 10.2 Å². The van der Waals surface area contributed by atoms with Crippen LogP contribution in [0.25, 0.3) is 0 Å². The van der Waals surface area contributed by atoms with E-state index in [1.165, 1.54) is 0 Å². The molecule has 0 saturated carbocycles. The first-order valence-corrected chi connectivity index (χ1v) is 5.84. The van der Waals surface area contributed by atoms with E-state index < -0.39 is 5.97 Å². The molecule has 0 fully saturated rings. The number of carboxylic acids is 1. The average molecular weight is 279 g/mol. The second kappa shape index (κ2) is 12.4. The van der Waals surface area contributed by atoms with E-state index >= 15 is 0 Å². The number of nitrogens with one attached hydrogen (secondary N) is 1. The topological polar surface area (TPSA) is 69.6 Å². The molecule has 0 aromatic heterocycles. The van der Waals surface area contributed by atoms with Crippen molar-refractivity contribution in [1.29, 1.82) is 0 Å². The largest absolute Gasteiger partial charge is 0.480 e. The normalized spacial score (nSPS) is 9.67. The van der Waals surface area contributed by atoms with E-state index in [1.54, 1.807) is 0 Å². The van der Waals surface area contributed by atoms with Gasteiger partial charge in [-0.2, -0.15) is 0 Å². The third kappa shape index (κ3) is 13.0. The Bertz CT molecular complexity index is 260. The third-order valence-corrected chi connectivity index (χ3v) is 2.30. The van der Waals surface area contributed by atoms with Gasteiger partial charge in [0, 0.05) is 0 Å². The first-order chi connectivity index (χ1) is 8.06. The molecule has 0 heterocycles. The van der Waals surface area contributed by atoms with Gasteiger partial charge in [0.1, 0.15) is 6.54 Å². The average Bonchev–Trinajstić information content (AvgIpc) is 2.26. The summed E-state index contributed by atoms with van der Waals surface area (Å²) in [5.41, 5.74) is 0. The van der Waals surface area contributed by atoms with Gasteiger partial charge in [0.25, 0.3) is 0 Å². The molecule has 18 heavy (non-hydrogen) atoms. The predicted octanol–water partition coefficient (Wildman–Crippen LogP) is 1.29. The van der Waals surface area contributed by atoms with Crippen LogP contribution in [0.2, 0.25) is 0 Å². The van der Waals surface area contributed by atoms with Crippen LogP contribution in [-0.2, 0) is 9.59 Å². The molecule has 0 aliphatic carbocycles. The maximum Gasteiger partial charge on any atom is 0.322 e. The minimum Gasteiger partial charge on any atom is -0.480 e. The lowest BCUT2D eigenvalue weighted by Gasteiger charge is -2.15. The summed E-state index contributed by atoms with van der Waals surface area (Å²) in [6, 6.07) is 0. The van der Waals surface area contributed by atoms with Crippen molar-refractivity contribution < 1.29 is 14.7 Å². The lowest BCUT2D eigenvalue weighted by molar-refractivity contribution is -0.138. The van der Waals surface area contributed by atoms with E-state index in [0.717, 1.165) is 32.2 Å². The Kier molecular flexibility index (Phi) is 13.3. The lowest BCUT2D eigenvalue weighted by Crippen LogP contribution is -2.37. The number of hydrogen-bond donors (Lipinski definition) is 2. The monoisotopic (exact) mass is 278 g/mol. The fraction of sp³-hybridized carbons (Fsp3) is 0.667. The van der Waals surface area contributed by atoms with Gasteiger partial charge in [-0.05, 0) is 32.9 Å². The molecule has 1 amide bonds. The molecule has 0 aromatic rings. The standard InChI is InChI=1S/C12H22N2O3.ClH/c1-3-4-5-6-7-8-14(2)10-11(15)13-9-12(16)17;/h3H,1,4-10H2,2H3,(H,13,15)(H,16,17);1H. The predicted molar refractivity (Wildman–Crippen MR) is 74.1 cm³/mol. The van der Waals surface area contributed by atoms with Crippen LogP contribution in [0, 0.1) is 0 Å². The van der Waals surface area contributed by atoms with Gasteiger partial charge in [-0.3, -0.25) is 14.5 Å². The van der Waals surface area contributed by atoms with Crippen molar-refractivity contribution in [3.8, 4) is 0 Å². The van der Waals surface area contributed by atoms with Gasteiger partial charge in [-0.15, -0.1) is 19.0 Å². The smallest absolute Gasteiger partial charge is 0.322 e. The number of aliphatic carboxylic acids is 1. The fourth-order valence-corrected chi connectivity index (χ4v) is 1.40. The summed E-state index contributed by atoms with van der Waals surface area (Å²) in [6.07, 6.45) is 6.22. The number of carbonyl (C=O) groups is 2. The highest BCUT2D eigenvalue weighted by molar-refractivity contribution is 5.85. The summed E-state index contributed by atoms with van der Waals surface area (Å²) in [5, 5.41) is 10.7. The number of halogens is 1. The molecular weight excluding hydrogens is 256 g/mol. The van der Waals surface area contributed by atoms with E-state index in [4.69, 9.17) is 5.11 Å². The number of amides is 1. The minimum atomic E-state index is -1.02. The highest BCUT2D eigenvalue weighted by Crippen LogP contribution is 2.00. The minimum absolute atomic E-state index is 0. The molecule has 0 saturated heterocycles. The van der Waals surface area contributed by atoms with Crippen LogP contribution < -0.4 is 5.32 Å². The lowest BCUT2D eigenvalue weighted by atomic mass is 10.2. The first-order valence-electron chi connectivity index (χ1n) is 5.84. The summed E-state index contributed by atoms with van der Waals surface area (Å²) in [7, 11) is 1.86. The molecule has 6 heteroatoms. The zero-order valence-corrected chi connectivity index (χ0v) is 11.7. The molecule has 106 valence electrons. The molecule has 0 radical (unpaired) electrons. The number of rotatable bonds is 10. The van der Waals surface area contributed by atoms with E-state index in [2.05, 4.69) is 11.9 Å². The van der Waals surface area contributed by atoms with Crippen molar-refractivity contribution in [2.75, 3.05) is 26.7 Å². The highest BCUT2D eigenvalue weighted by Gasteiger charge is 2.07. The number of nitrogens with zero attached hydrogens (tertiary/aromatic N) is 1. The Morgan fingerprint density at radius 3 is 2.56 bits per heavy atom. The fourth-order valence-electron chi connectivity index (χ4n) is 1.40. The molecule has 0 unspecified atom stereocenters. The summed E-state index contributed by atoms with van der Waals surface area (Å²) >= 11 is 0. The van der Waals surface area contributed by atoms with Gasteiger partial charge in [0.2, 0.25) is 5.91 Å².